The van der Waals surface area contributed by atoms with Gasteiger partial charge in [-0.2, -0.15) is 13.2 Å². The number of halogens is 3. The van der Waals surface area contributed by atoms with Crippen LogP contribution in [0, 0.1) is 0 Å². The fourth-order valence-corrected chi connectivity index (χ4v) is 4.43. The number of nitrogens with one attached hydrogen (secondary N) is 1. The zero-order chi connectivity index (χ0) is 19.7. The Balaban J connectivity index is 1.71. The lowest BCUT2D eigenvalue weighted by Gasteiger charge is -2.17. The Hall–Kier alpha value is -2.55. The maximum absolute atomic E-state index is 12.7. The van der Waals surface area contributed by atoms with Gasteiger partial charge >= 0.3 is 6.18 Å². The molecule has 1 saturated heterocycles. The summed E-state index contributed by atoms with van der Waals surface area (Å²) in [4.78, 5) is 12.3. The topological polar surface area (TPSA) is 66.5 Å². The highest BCUT2D eigenvalue weighted by Gasteiger charge is 2.30. The Morgan fingerprint density at radius 2 is 1.85 bits per heavy atom. The summed E-state index contributed by atoms with van der Waals surface area (Å²) in [6, 6.07) is 10.9. The number of amides is 1. The SMILES string of the molecule is O=C(NCc1cccc(C(F)(F)F)c1)c1cccc(N2CCCS2(=O)=O)c1. The van der Waals surface area contributed by atoms with E-state index in [2.05, 4.69) is 5.32 Å². The molecule has 0 atom stereocenters. The predicted octanol–water partition coefficient (Wildman–Crippen LogP) is 3.18. The van der Waals surface area contributed by atoms with Crippen molar-refractivity contribution >= 4 is 21.6 Å². The number of nitrogens with zero attached hydrogens (tertiary/aromatic N) is 1. The summed E-state index contributed by atoms with van der Waals surface area (Å²) in [6.07, 6.45) is -3.93. The zero-order valence-electron chi connectivity index (χ0n) is 14.2. The third kappa shape index (κ3) is 4.41. The van der Waals surface area contributed by atoms with E-state index in [4.69, 9.17) is 0 Å². The van der Waals surface area contributed by atoms with Crippen LogP contribution in [0.2, 0.25) is 0 Å². The summed E-state index contributed by atoms with van der Waals surface area (Å²) in [5.41, 5.74) is 0.174. The van der Waals surface area contributed by atoms with Crippen molar-refractivity contribution < 1.29 is 26.4 Å². The van der Waals surface area contributed by atoms with Gasteiger partial charge in [-0.25, -0.2) is 8.42 Å². The summed E-state index contributed by atoms with van der Waals surface area (Å²) < 4.78 is 63.5. The van der Waals surface area contributed by atoms with Gasteiger partial charge in [-0.05, 0) is 42.3 Å². The second-order valence-corrected chi connectivity index (χ2v) is 8.19. The average molecular weight is 398 g/mol. The maximum Gasteiger partial charge on any atom is 0.416 e. The summed E-state index contributed by atoms with van der Waals surface area (Å²) >= 11 is 0. The van der Waals surface area contributed by atoms with Crippen molar-refractivity contribution in [3.63, 3.8) is 0 Å². The molecule has 1 aliphatic heterocycles. The molecule has 0 bridgehead atoms. The van der Waals surface area contributed by atoms with Crippen molar-refractivity contribution in [3.8, 4) is 0 Å². The highest BCUT2D eigenvalue weighted by molar-refractivity contribution is 7.93. The predicted molar refractivity (Wildman–Crippen MR) is 94.8 cm³/mol. The van der Waals surface area contributed by atoms with Crippen LogP contribution in [0.15, 0.2) is 48.5 Å². The van der Waals surface area contributed by atoms with Crippen molar-refractivity contribution in [2.24, 2.45) is 0 Å². The molecule has 0 saturated carbocycles. The molecule has 1 heterocycles. The van der Waals surface area contributed by atoms with Gasteiger partial charge in [-0.1, -0.05) is 18.2 Å². The first kappa shape index (κ1) is 19.2. The molecule has 144 valence electrons. The standard InChI is InChI=1S/C18H17F3N2O3S/c19-18(20,21)15-6-1-4-13(10-15)12-22-17(24)14-5-2-7-16(11-14)23-8-3-9-27(23,25)26/h1-2,4-7,10-11H,3,8-9,12H2,(H,22,24). The first-order valence-electron chi connectivity index (χ1n) is 8.22. The average Bonchev–Trinajstić information content (AvgIpc) is 2.98. The summed E-state index contributed by atoms with van der Waals surface area (Å²) in [6.45, 7) is 0.284. The van der Waals surface area contributed by atoms with Crippen molar-refractivity contribution in [3.05, 3.63) is 65.2 Å². The number of carbonyl (C=O) groups excluding carboxylic acids is 1. The van der Waals surface area contributed by atoms with E-state index in [1.807, 2.05) is 0 Å². The molecule has 0 radical (unpaired) electrons. The van der Waals surface area contributed by atoms with Gasteiger partial charge in [0, 0.05) is 18.7 Å². The van der Waals surface area contributed by atoms with Crippen molar-refractivity contribution in [2.75, 3.05) is 16.6 Å². The van der Waals surface area contributed by atoms with Gasteiger partial charge in [0.2, 0.25) is 10.0 Å². The Morgan fingerprint density at radius 1 is 1.11 bits per heavy atom. The first-order chi connectivity index (χ1) is 12.7. The van der Waals surface area contributed by atoms with Crippen molar-refractivity contribution in [1.82, 2.24) is 5.32 Å². The summed E-state index contributed by atoms with van der Waals surface area (Å²) in [7, 11) is -3.36. The van der Waals surface area contributed by atoms with Crippen LogP contribution >= 0.6 is 0 Å². The largest absolute Gasteiger partial charge is 0.416 e. The lowest BCUT2D eigenvalue weighted by atomic mass is 10.1. The molecule has 27 heavy (non-hydrogen) atoms. The quantitative estimate of drug-likeness (QED) is 0.860. The van der Waals surface area contributed by atoms with E-state index in [0.717, 1.165) is 12.1 Å². The van der Waals surface area contributed by atoms with Gasteiger partial charge in [0.15, 0.2) is 0 Å². The third-order valence-electron chi connectivity index (χ3n) is 4.20. The van der Waals surface area contributed by atoms with Gasteiger partial charge in [0.1, 0.15) is 0 Å². The lowest BCUT2D eigenvalue weighted by molar-refractivity contribution is -0.137. The molecule has 0 spiro atoms. The molecule has 2 aromatic carbocycles. The molecule has 9 heteroatoms. The Kier molecular flexibility index (Phi) is 5.14. The normalized spacial score (nSPS) is 16.3. The third-order valence-corrected chi connectivity index (χ3v) is 6.07. The highest BCUT2D eigenvalue weighted by atomic mass is 32.2. The number of anilines is 1. The van der Waals surface area contributed by atoms with E-state index < -0.39 is 27.7 Å². The van der Waals surface area contributed by atoms with Crippen LogP contribution in [0.5, 0.6) is 0 Å². The first-order valence-corrected chi connectivity index (χ1v) is 9.82. The van der Waals surface area contributed by atoms with Gasteiger partial charge in [0.05, 0.1) is 17.0 Å². The molecule has 2 aromatic rings. The molecule has 0 unspecified atom stereocenters. The lowest BCUT2D eigenvalue weighted by Crippen LogP contribution is -2.26. The molecule has 0 aromatic heterocycles. The number of carbonyl (C=O) groups is 1. The number of rotatable bonds is 4. The van der Waals surface area contributed by atoms with Gasteiger partial charge in [-0.15, -0.1) is 0 Å². The van der Waals surface area contributed by atoms with Crippen LogP contribution in [-0.2, 0) is 22.7 Å². The van der Waals surface area contributed by atoms with Gasteiger partial charge in [0.25, 0.3) is 5.91 Å². The molecule has 3 rings (SSSR count). The van der Waals surface area contributed by atoms with E-state index in [9.17, 15) is 26.4 Å². The Morgan fingerprint density at radius 3 is 2.52 bits per heavy atom. The number of sulfonamides is 1. The van der Waals surface area contributed by atoms with Crippen LogP contribution in [-0.4, -0.2) is 26.6 Å². The fraction of sp³-hybridized carbons (Fsp3) is 0.278. The monoisotopic (exact) mass is 398 g/mol. The molecule has 1 fully saturated rings. The molecule has 0 aliphatic carbocycles. The molecule has 1 amide bonds. The van der Waals surface area contributed by atoms with E-state index >= 15 is 0 Å². The number of hydrogen-bond donors (Lipinski definition) is 1. The van der Waals surface area contributed by atoms with E-state index in [-0.39, 0.29) is 17.9 Å². The number of alkyl halides is 3. The fourth-order valence-electron chi connectivity index (χ4n) is 2.87. The summed E-state index contributed by atoms with van der Waals surface area (Å²) in [5.74, 6) is -0.426. The summed E-state index contributed by atoms with van der Waals surface area (Å²) in [5, 5.41) is 2.56. The second kappa shape index (κ2) is 7.22. The van der Waals surface area contributed by atoms with E-state index in [1.54, 1.807) is 12.1 Å². The number of hydrogen-bond acceptors (Lipinski definition) is 3. The maximum atomic E-state index is 12.7. The second-order valence-electron chi connectivity index (χ2n) is 6.17. The minimum atomic E-state index is -4.45. The molecular weight excluding hydrogens is 381 g/mol. The number of benzene rings is 2. The van der Waals surface area contributed by atoms with Crippen molar-refractivity contribution in [2.45, 2.75) is 19.1 Å². The smallest absolute Gasteiger partial charge is 0.348 e. The zero-order valence-corrected chi connectivity index (χ0v) is 15.0. The van der Waals surface area contributed by atoms with Crippen LogP contribution < -0.4 is 9.62 Å². The van der Waals surface area contributed by atoms with Gasteiger partial charge in [-0.3, -0.25) is 9.10 Å². The van der Waals surface area contributed by atoms with Crippen molar-refractivity contribution in [1.29, 1.82) is 0 Å². The Labute approximate surface area is 154 Å². The van der Waals surface area contributed by atoms with E-state index in [0.29, 0.717) is 24.2 Å². The van der Waals surface area contributed by atoms with Crippen LogP contribution in [0.3, 0.4) is 0 Å². The van der Waals surface area contributed by atoms with Crippen LogP contribution in [0.25, 0.3) is 0 Å². The highest BCUT2D eigenvalue weighted by Crippen LogP contribution is 2.29. The molecule has 1 aliphatic rings. The van der Waals surface area contributed by atoms with E-state index in [1.165, 1.54) is 28.6 Å². The Bertz CT molecular complexity index is 958. The van der Waals surface area contributed by atoms with Crippen LogP contribution in [0.1, 0.15) is 27.9 Å². The molecular formula is C18H17F3N2O3S. The van der Waals surface area contributed by atoms with Crippen LogP contribution in [0.4, 0.5) is 18.9 Å². The minimum absolute atomic E-state index is 0.0684. The minimum Gasteiger partial charge on any atom is -0.348 e. The molecule has 5 nitrogen and oxygen atoms in total. The molecule has 1 N–H and O–H groups in total. The van der Waals surface area contributed by atoms with Gasteiger partial charge < -0.3 is 5.32 Å².